The molecule has 0 saturated carbocycles. The van der Waals surface area contributed by atoms with Crippen molar-refractivity contribution in [3.8, 4) is 11.5 Å². The van der Waals surface area contributed by atoms with E-state index in [1.807, 2.05) is 6.07 Å². The molecule has 126 valence electrons. The summed E-state index contributed by atoms with van der Waals surface area (Å²) in [5, 5.41) is 9.88. The molecule has 1 atom stereocenters. The highest BCUT2D eigenvalue weighted by Crippen LogP contribution is 2.25. The molecule has 0 amide bonds. The summed E-state index contributed by atoms with van der Waals surface area (Å²) >= 11 is -1.43. The molecule has 2 N–H and O–H groups in total. The van der Waals surface area contributed by atoms with Gasteiger partial charge in [-0.15, -0.1) is 0 Å². The zero-order valence-electron chi connectivity index (χ0n) is 13.3. The van der Waals surface area contributed by atoms with Crippen molar-refractivity contribution < 1.29 is 19.1 Å². The van der Waals surface area contributed by atoms with Crippen LogP contribution in [-0.4, -0.2) is 38.8 Å². The van der Waals surface area contributed by atoms with Crippen LogP contribution in [0.25, 0.3) is 11.0 Å². The number of hydrogen-bond donors (Lipinski definition) is 2. The third-order valence-corrected chi connectivity index (χ3v) is 4.79. The molecule has 0 spiro atoms. The maximum absolute atomic E-state index is 12.6. The van der Waals surface area contributed by atoms with Gasteiger partial charge in [0.05, 0.1) is 37.6 Å². The summed E-state index contributed by atoms with van der Waals surface area (Å²) in [6.07, 6.45) is 1.56. The largest absolute Gasteiger partial charge is 0.609 e. The first kappa shape index (κ1) is 16.6. The quantitative estimate of drug-likeness (QED) is 0.659. The van der Waals surface area contributed by atoms with E-state index in [0.717, 1.165) is 5.52 Å². The van der Waals surface area contributed by atoms with Crippen molar-refractivity contribution >= 4 is 22.2 Å². The molecular weight excluding hydrogens is 330 g/mol. The first-order valence-electron chi connectivity index (χ1n) is 7.20. The number of ether oxygens (including phenoxy) is 2. The van der Waals surface area contributed by atoms with Crippen LogP contribution in [0.4, 0.5) is 0 Å². The first-order chi connectivity index (χ1) is 11.7. The van der Waals surface area contributed by atoms with E-state index in [4.69, 9.17) is 9.47 Å². The fraction of sp³-hybridized carbons (Fsp3) is 0.250. The number of methoxy groups -OCH3 is 2. The number of benzene rings is 1. The topological polar surface area (TPSA) is 103 Å². The fourth-order valence-corrected chi connectivity index (χ4v) is 3.45. The van der Waals surface area contributed by atoms with E-state index in [1.54, 1.807) is 31.5 Å². The van der Waals surface area contributed by atoms with Crippen molar-refractivity contribution in [3.05, 3.63) is 41.7 Å². The number of pyridine rings is 1. The lowest BCUT2D eigenvalue weighted by Gasteiger charge is -2.12. The Bertz CT molecular complexity index is 852. The highest BCUT2D eigenvalue weighted by molar-refractivity contribution is 7.90. The van der Waals surface area contributed by atoms with Crippen LogP contribution in [0.3, 0.4) is 0 Å². The van der Waals surface area contributed by atoms with Gasteiger partial charge in [-0.1, -0.05) is 0 Å². The van der Waals surface area contributed by atoms with Gasteiger partial charge in [0, 0.05) is 29.0 Å². The number of hydrogen-bond acceptors (Lipinski definition) is 6. The highest BCUT2D eigenvalue weighted by Gasteiger charge is 2.21. The van der Waals surface area contributed by atoms with Gasteiger partial charge in [0.1, 0.15) is 11.5 Å². The van der Waals surface area contributed by atoms with E-state index in [0.29, 0.717) is 33.4 Å². The molecule has 2 aromatic heterocycles. The summed E-state index contributed by atoms with van der Waals surface area (Å²) in [4.78, 5) is 11.6. The SMILES string of the molecule is COc1ccc2[nH]c([S+]([O-])Cc3nccc(OC)c3CO)nc2c1. The lowest BCUT2D eigenvalue weighted by atomic mass is 10.2. The predicted octanol–water partition coefficient (Wildman–Crippen LogP) is 1.78. The normalized spacial score (nSPS) is 12.3. The average Bonchev–Trinajstić information content (AvgIpc) is 3.04. The molecule has 3 rings (SSSR count). The van der Waals surface area contributed by atoms with Crippen molar-refractivity contribution in [1.29, 1.82) is 0 Å². The van der Waals surface area contributed by atoms with Crippen LogP contribution in [0.1, 0.15) is 11.3 Å². The van der Waals surface area contributed by atoms with E-state index >= 15 is 0 Å². The average molecular weight is 347 g/mol. The number of imidazole rings is 1. The van der Waals surface area contributed by atoms with Crippen LogP contribution < -0.4 is 9.47 Å². The van der Waals surface area contributed by atoms with Gasteiger partial charge in [0.2, 0.25) is 0 Å². The first-order valence-corrected chi connectivity index (χ1v) is 8.52. The Morgan fingerprint density at radius 2 is 2.08 bits per heavy atom. The van der Waals surface area contributed by atoms with Gasteiger partial charge in [-0.3, -0.25) is 9.97 Å². The van der Waals surface area contributed by atoms with Crippen LogP contribution in [-0.2, 0) is 23.5 Å². The summed E-state index contributed by atoms with van der Waals surface area (Å²) < 4.78 is 23.0. The number of aliphatic hydroxyl groups excluding tert-OH is 1. The van der Waals surface area contributed by atoms with Crippen molar-refractivity contribution in [3.63, 3.8) is 0 Å². The molecule has 0 aliphatic heterocycles. The summed E-state index contributed by atoms with van der Waals surface area (Å²) in [6.45, 7) is -0.235. The van der Waals surface area contributed by atoms with E-state index in [-0.39, 0.29) is 12.4 Å². The number of nitrogens with one attached hydrogen (secondary N) is 1. The van der Waals surface area contributed by atoms with Crippen molar-refractivity contribution in [2.45, 2.75) is 17.5 Å². The summed E-state index contributed by atoms with van der Waals surface area (Å²) in [6, 6.07) is 7.06. The van der Waals surface area contributed by atoms with Gasteiger partial charge in [0.15, 0.2) is 5.75 Å². The van der Waals surface area contributed by atoms with Gasteiger partial charge in [0.25, 0.3) is 0 Å². The number of aliphatic hydroxyl groups is 1. The zero-order chi connectivity index (χ0) is 17.1. The second kappa shape index (κ2) is 7.08. The van der Waals surface area contributed by atoms with Crippen molar-refractivity contribution in [1.82, 2.24) is 15.0 Å². The van der Waals surface area contributed by atoms with Crippen LogP contribution in [0, 0.1) is 0 Å². The smallest absolute Gasteiger partial charge is 0.322 e. The monoisotopic (exact) mass is 347 g/mol. The maximum atomic E-state index is 12.6. The third-order valence-electron chi connectivity index (χ3n) is 3.63. The number of H-pyrrole nitrogens is 1. The van der Waals surface area contributed by atoms with Crippen LogP contribution in [0.5, 0.6) is 11.5 Å². The Labute approximate surface area is 141 Å². The van der Waals surface area contributed by atoms with Crippen LogP contribution in [0.15, 0.2) is 35.6 Å². The Kier molecular flexibility index (Phi) is 4.89. The molecular formula is C16H17N3O4S. The minimum atomic E-state index is -1.43. The van der Waals surface area contributed by atoms with Gasteiger partial charge in [-0.2, -0.15) is 4.98 Å². The lowest BCUT2D eigenvalue weighted by molar-refractivity contribution is 0.272. The van der Waals surface area contributed by atoms with Crippen molar-refractivity contribution in [2.24, 2.45) is 0 Å². The molecule has 0 aliphatic carbocycles. The molecule has 7 nitrogen and oxygen atoms in total. The Morgan fingerprint density at radius 3 is 2.79 bits per heavy atom. The van der Waals surface area contributed by atoms with Gasteiger partial charge in [-0.05, 0) is 18.2 Å². The minimum Gasteiger partial charge on any atom is -0.609 e. The number of rotatable bonds is 6. The van der Waals surface area contributed by atoms with Crippen molar-refractivity contribution in [2.75, 3.05) is 14.2 Å². The molecule has 0 aliphatic rings. The van der Waals surface area contributed by atoms with Gasteiger partial charge < -0.3 is 19.1 Å². The highest BCUT2D eigenvalue weighted by atomic mass is 32.2. The number of nitrogens with zero attached hydrogens (tertiary/aromatic N) is 2. The van der Waals surface area contributed by atoms with Gasteiger partial charge in [-0.25, -0.2) is 0 Å². The molecule has 24 heavy (non-hydrogen) atoms. The fourth-order valence-electron chi connectivity index (χ4n) is 2.39. The molecule has 8 heteroatoms. The minimum absolute atomic E-state index is 0.129. The summed E-state index contributed by atoms with van der Waals surface area (Å²) in [5.74, 6) is 1.33. The van der Waals surface area contributed by atoms with E-state index < -0.39 is 11.2 Å². The van der Waals surface area contributed by atoms with E-state index in [9.17, 15) is 9.66 Å². The van der Waals surface area contributed by atoms with Gasteiger partial charge >= 0.3 is 5.16 Å². The molecule has 2 heterocycles. The van der Waals surface area contributed by atoms with E-state index in [2.05, 4.69) is 15.0 Å². The number of aromatic amines is 1. The summed E-state index contributed by atoms with van der Waals surface area (Å²) in [7, 11) is 3.10. The third kappa shape index (κ3) is 3.16. The molecule has 1 aromatic carbocycles. The Morgan fingerprint density at radius 1 is 1.25 bits per heavy atom. The Hall–Kier alpha value is -2.29. The lowest BCUT2D eigenvalue weighted by Crippen LogP contribution is -2.11. The molecule has 0 bridgehead atoms. The second-order valence-electron chi connectivity index (χ2n) is 5.01. The molecule has 3 aromatic rings. The number of fused-ring (bicyclic) bond motifs is 1. The summed E-state index contributed by atoms with van der Waals surface area (Å²) in [5.41, 5.74) is 2.51. The molecule has 0 radical (unpaired) electrons. The molecule has 1 unspecified atom stereocenters. The maximum Gasteiger partial charge on any atom is 0.322 e. The van der Waals surface area contributed by atoms with Crippen LogP contribution >= 0.6 is 0 Å². The molecule has 0 saturated heterocycles. The second-order valence-corrected chi connectivity index (χ2v) is 6.38. The predicted molar refractivity (Wildman–Crippen MR) is 89.5 cm³/mol. The standard InChI is InChI=1S/C16H17N3O4S/c1-22-10-3-4-12-13(7-10)19-16(18-12)24(21)9-14-11(8-20)15(23-2)5-6-17-14/h3-7,20H,8-9H2,1-2H3,(H,18,19). The Balaban J connectivity index is 1.88. The van der Waals surface area contributed by atoms with E-state index in [1.165, 1.54) is 7.11 Å². The molecule has 0 fully saturated rings. The number of aromatic nitrogens is 3. The van der Waals surface area contributed by atoms with Crippen LogP contribution in [0.2, 0.25) is 0 Å². The zero-order valence-corrected chi connectivity index (χ0v) is 14.1.